The van der Waals surface area contributed by atoms with Gasteiger partial charge in [0.1, 0.15) is 0 Å². The largest absolute Gasteiger partial charge is 0.285 e. The van der Waals surface area contributed by atoms with Gasteiger partial charge in [-0.1, -0.05) is 6.58 Å². The molecule has 0 aromatic rings. The molecular weight excluding hydrogens is 116 g/mol. The highest BCUT2D eigenvalue weighted by Gasteiger charge is 1.96. The Balaban J connectivity index is 4.49. The maximum absolute atomic E-state index is 9.88. The van der Waals surface area contributed by atoms with E-state index in [1.54, 1.807) is 0 Å². The Morgan fingerprint density at radius 3 is 1.86 bits per heavy atom. The average molecular weight is 120 g/mol. The molecule has 0 radical (unpaired) electrons. The Labute approximate surface area is 41.6 Å². The molecule has 0 atom stereocenters. The summed E-state index contributed by atoms with van der Waals surface area (Å²) >= 11 is 0. The van der Waals surface area contributed by atoms with E-state index < -0.39 is 9.84 Å². The SMILES string of the molecule is C=CS(=O)(=O)C=O. The molecule has 0 aromatic heterocycles. The summed E-state index contributed by atoms with van der Waals surface area (Å²) in [4.78, 5) is 9.40. The lowest BCUT2D eigenvalue weighted by molar-refractivity contribution is 0.558. The quantitative estimate of drug-likeness (QED) is 0.471. The number of rotatable bonds is 2. The number of hydrogen-bond acceptors (Lipinski definition) is 3. The monoisotopic (exact) mass is 120 g/mol. The number of hydrogen-bond donors (Lipinski definition) is 0. The molecule has 0 heterocycles. The van der Waals surface area contributed by atoms with Gasteiger partial charge in [0.05, 0.1) is 0 Å². The predicted octanol–water partition coefficient (Wildman–Crippen LogP) is -0.265. The van der Waals surface area contributed by atoms with Crippen LogP contribution in [0.5, 0.6) is 0 Å². The maximum Gasteiger partial charge on any atom is 0.238 e. The summed E-state index contributed by atoms with van der Waals surface area (Å²) in [5.41, 5.74) is -0.153. The van der Waals surface area contributed by atoms with E-state index in [1.807, 2.05) is 0 Å². The third-order valence-electron chi connectivity index (χ3n) is 0.366. The smallest absolute Gasteiger partial charge is 0.238 e. The van der Waals surface area contributed by atoms with Gasteiger partial charge in [0.25, 0.3) is 0 Å². The first-order valence-electron chi connectivity index (χ1n) is 1.45. The third kappa shape index (κ3) is 2.11. The van der Waals surface area contributed by atoms with Crippen LogP contribution in [0.4, 0.5) is 0 Å². The Hall–Kier alpha value is -0.640. The summed E-state index contributed by atoms with van der Waals surface area (Å²) in [6.07, 6.45) is 0. The zero-order valence-electron chi connectivity index (χ0n) is 3.49. The van der Waals surface area contributed by atoms with Crippen LogP contribution < -0.4 is 0 Å². The van der Waals surface area contributed by atoms with Crippen molar-refractivity contribution in [1.29, 1.82) is 0 Å². The summed E-state index contributed by atoms with van der Waals surface area (Å²) in [5, 5.41) is 0.597. The molecule has 0 spiro atoms. The molecule has 0 amide bonds. The van der Waals surface area contributed by atoms with Crippen LogP contribution in [-0.2, 0) is 14.6 Å². The molecule has 0 saturated carbocycles. The molecule has 0 N–H and O–H groups in total. The number of carbonyl (C=O) groups is 1. The van der Waals surface area contributed by atoms with Crippen molar-refractivity contribution >= 4 is 15.5 Å². The molecule has 0 aliphatic heterocycles. The second-order valence-corrected chi connectivity index (χ2v) is 2.56. The van der Waals surface area contributed by atoms with E-state index in [0.29, 0.717) is 5.41 Å². The van der Waals surface area contributed by atoms with E-state index >= 15 is 0 Å². The van der Waals surface area contributed by atoms with Crippen LogP contribution in [0.1, 0.15) is 0 Å². The van der Waals surface area contributed by atoms with Gasteiger partial charge in [-0.25, -0.2) is 8.42 Å². The van der Waals surface area contributed by atoms with Crippen LogP contribution in [0.2, 0.25) is 0 Å². The molecule has 0 rings (SSSR count). The van der Waals surface area contributed by atoms with Gasteiger partial charge in [-0.3, -0.25) is 4.79 Å². The summed E-state index contributed by atoms with van der Waals surface area (Å²) in [7, 11) is -3.57. The molecule has 0 aliphatic carbocycles. The highest BCUT2D eigenvalue weighted by molar-refractivity contribution is 8.06. The van der Waals surface area contributed by atoms with Crippen molar-refractivity contribution in [3.05, 3.63) is 12.0 Å². The van der Waals surface area contributed by atoms with E-state index in [1.165, 1.54) is 0 Å². The lowest BCUT2D eigenvalue weighted by Crippen LogP contribution is -1.91. The molecule has 0 fully saturated rings. The second-order valence-electron chi connectivity index (χ2n) is 0.852. The van der Waals surface area contributed by atoms with Crippen molar-refractivity contribution in [2.24, 2.45) is 0 Å². The molecule has 4 heteroatoms. The van der Waals surface area contributed by atoms with Crippen LogP contribution in [0.3, 0.4) is 0 Å². The lowest BCUT2D eigenvalue weighted by Gasteiger charge is -1.73. The van der Waals surface area contributed by atoms with Gasteiger partial charge < -0.3 is 0 Å². The topological polar surface area (TPSA) is 51.2 Å². The van der Waals surface area contributed by atoms with E-state index in [2.05, 4.69) is 6.58 Å². The normalized spacial score (nSPS) is 10.3. The predicted molar refractivity (Wildman–Crippen MR) is 25.9 cm³/mol. The molecule has 0 aromatic carbocycles. The molecule has 0 saturated heterocycles. The summed E-state index contributed by atoms with van der Waals surface area (Å²) in [6, 6.07) is 0. The van der Waals surface area contributed by atoms with E-state index in [9.17, 15) is 13.2 Å². The minimum atomic E-state index is -3.57. The molecule has 0 unspecified atom stereocenters. The standard InChI is InChI=1S/C3H4O3S/c1-2-7(5,6)3-4/h2-3H,1H2. The molecule has 40 valence electrons. The van der Waals surface area contributed by atoms with Crippen molar-refractivity contribution in [2.45, 2.75) is 0 Å². The van der Waals surface area contributed by atoms with Crippen molar-refractivity contribution in [2.75, 3.05) is 0 Å². The van der Waals surface area contributed by atoms with Crippen molar-refractivity contribution < 1.29 is 13.2 Å². The van der Waals surface area contributed by atoms with Crippen LogP contribution >= 0.6 is 0 Å². The van der Waals surface area contributed by atoms with Gasteiger partial charge in [0.2, 0.25) is 15.5 Å². The maximum atomic E-state index is 9.88. The minimum absolute atomic E-state index is 0.153. The average Bonchev–Trinajstić information content (AvgIpc) is 1.68. The van der Waals surface area contributed by atoms with E-state index in [4.69, 9.17) is 0 Å². The van der Waals surface area contributed by atoms with Crippen molar-refractivity contribution in [3.8, 4) is 0 Å². The molecule has 3 nitrogen and oxygen atoms in total. The van der Waals surface area contributed by atoms with E-state index in [-0.39, 0.29) is 5.62 Å². The van der Waals surface area contributed by atoms with Crippen molar-refractivity contribution in [1.82, 2.24) is 0 Å². The first kappa shape index (κ1) is 6.36. The fourth-order valence-electron chi connectivity index (χ4n) is 0.0393. The highest BCUT2D eigenvalue weighted by Crippen LogP contribution is 1.79. The fraction of sp³-hybridized carbons (Fsp3) is 0. The van der Waals surface area contributed by atoms with Gasteiger partial charge in [-0.2, -0.15) is 0 Å². The zero-order chi connectivity index (χ0) is 5.91. The van der Waals surface area contributed by atoms with Gasteiger partial charge in [-0.15, -0.1) is 0 Å². The van der Waals surface area contributed by atoms with Crippen LogP contribution in [0.25, 0.3) is 0 Å². The fourth-order valence-corrected chi connectivity index (χ4v) is 0.118. The van der Waals surface area contributed by atoms with Gasteiger partial charge >= 0.3 is 0 Å². The first-order valence-corrected chi connectivity index (χ1v) is 3.06. The molecule has 0 bridgehead atoms. The van der Waals surface area contributed by atoms with Gasteiger partial charge in [-0.05, 0) is 0 Å². The highest BCUT2D eigenvalue weighted by atomic mass is 32.2. The second kappa shape index (κ2) is 1.88. The van der Waals surface area contributed by atoms with Gasteiger partial charge in [0.15, 0.2) is 0 Å². The Morgan fingerprint density at radius 2 is 1.86 bits per heavy atom. The first-order chi connectivity index (χ1) is 3.12. The Bertz CT molecular complexity index is 151. The van der Waals surface area contributed by atoms with Crippen LogP contribution in [-0.4, -0.2) is 14.0 Å². The summed E-state index contributed by atoms with van der Waals surface area (Å²) < 4.78 is 19.8. The molecule has 0 aliphatic rings. The van der Waals surface area contributed by atoms with Crippen LogP contribution in [0.15, 0.2) is 12.0 Å². The van der Waals surface area contributed by atoms with Gasteiger partial charge in [0, 0.05) is 5.41 Å². The zero-order valence-corrected chi connectivity index (χ0v) is 4.31. The Morgan fingerprint density at radius 1 is 1.43 bits per heavy atom. The van der Waals surface area contributed by atoms with Crippen LogP contribution in [0, 0.1) is 0 Å². The summed E-state index contributed by atoms with van der Waals surface area (Å²) in [5.74, 6) is 0. The molecular formula is C3H4O3S. The van der Waals surface area contributed by atoms with E-state index in [0.717, 1.165) is 0 Å². The van der Waals surface area contributed by atoms with Crippen molar-refractivity contribution in [3.63, 3.8) is 0 Å². The summed E-state index contributed by atoms with van der Waals surface area (Å²) in [6.45, 7) is 2.88. The minimum Gasteiger partial charge on any atom is -0.285 e. The molecule has 7 heavy (non-hydrogen) atoms. The number of sulfone groups is 1. The Kier molecular flexibility index (Phi) is 1.71. The lowest BCUT2D eigenvalue weighted by atomic mass is 11.3. The number of carbonyl (C=O) groups excluding carboxylic acids is 1. The third-order valence-corrected chi connectivity index (χ3v) is 1.10.